The summed E-state index contributed by atoms with van der Waals surface area (Å²) >= 11 is 0. The van der Waals surface area contributed by atoms with Crippen molar-refractivity contribution in [1.29, 1.82) is 0 Å². The molecular weight excluding hydrogens is 184 g/mol. The van der Waals surface area contributed by atoms with Crippen LogP contribution in [0.5, 0.6) is 0 Å². The third-order valence-electron chi connectivity index (χ3n) is 2.63. The number of nitrogens with one attached hydrogen (secondary N) is 2. The fourth-order valence-electron chi connectivity index (χ4n) is 1.63. The Morgan fingerprint density at radius 2 is 1.87 bits per heavy atom. The summed E-state index contributed by atoms with van der Waals surface area (Å²) in [5, 5.41) is 6.54. The van der Waals surface area contributed by atoms with Crippen LogP contribution in [0.15, 0.2) is 18.2 Å². The third-order valence-corrected chi connectivity index (χ3v) is 2.63. The number of hydrogen-bond acceptors (Lipinski definition) is 2. The molecule has 0 atom stereocenters. The van der Waals surface area contributed by atoms with Gasteiger partial charge in [0.15, 0.2) is 0 Å². The molecule has 0 aliphatic heterocycles. The summed E-state index contributed by atoms with van der Waals surface area (Å²) in [6, 6.07) is 6.67. The maximum atomic E-state index is 3.42. The maximum absolute atomic E-state index is 3.42. The van der Waals surface area contributed by atoms with Crippen molar-refractivity contribution in [3.63, 3.8) is 0 Å². The van der Waals surface area contributed by atoms with Crippen molar-refractivity contribution in [2.75, 3.05) is 26.7 Å². The monoisotopic (exact) mass is 206 g/mol. The average molecular weight is 206 g/mol. The van der Waals surface area contributed by atoms with Gasteiger partial charge in [-0.1, -0.05) is 23.8 Å². The second-order valence-electron chi connectivity index (χ2n) is 4.03. The fraction of sp³-hybridized carbons (Fsp3) is 0.538. The highest BCUT2D eigenvalue weighted by Crippen LogP contribution is 2.10. The van der Waals surface area contributed by atoms with Gasteiger partial charge < -0.3 is 10.6 Å². The van der Waals surface area contributed by atoms with Gasteiger partial charge in [-0.3, -0.25) is 0 Å². The van der Waals surface area contributed by atoms with Crippen LogP contribution in [0.25, 0.3) is 0 Å². The molecule has 84 valence electrons. The van der Waals surface area contributed by atoms with E-state index in [4.69, 9.17) is 0 Å². The molecule has 0 saturated heterocycles. The molecule has 0 saturated carbocycles. The Morgan fingerprint density at radius 1 is 1.07 bits per heavy atom. The van der Waals surface area contributed by atoms with E-state index < -0.39 is 0 Å². The van der Waals surface area contributed by atoms with Crippen molar-refractivity contribution in [3.8, 4) is 0 Å². The molecule has 0 amide bonds. The van der Waals surface area contributed by atoms with Crippen molar-refractivity contribution in [3.05, 3.63) is 34.9 Å². The zero-order valence-corrected chi connectivity index (χ0v) is 10.1. The lowest BCUT2D eigenvalue weighted by Crippen LogP contribution is -2.26. The molecule has 0 bridgehead atoms. The van der Waals surface area contributed by atoms with Gasteiger partial charge in [0, 0.05) is 13.1 Å². The molecule has 0 heterocycles. The lowest BCUT2D eigenvalue weighted by molar-refractivity contribution is 0.648. The Kier molecular flexibility index (Phi) is 5.37. The van der Waals surface area contributed by atoms with Crippen molar-refractivity contribution >= 4 is 0 Å². The SMILES string of the molecule is CNCCNCCc1cc(C)ccc1C. The second kappa shape index (κ2) is 6.59. The molecule has 0 aliphatic rings. The summed E-state index contributed by atoms with van der Waals surface area (Å²) in [6.07, 6.45) is 1.12. The maximum Gasteiger partial charge on any atom is 0.00767 e. The summed E-state index contributed by atoms with van der Waals surface area (Å²) < 4.78 is 0. The van der Waals surface area contributed by atoms with E-state index in [9.17, 15) is 0 Å². The molecule has 0 spiro atoms. The number of likely N-dealkylation sites (N-methyl/N-ethyl adjacent to an activating group) is 1. The van der Waals surface area contributed by atoms with Crippen molar-refractivity contribution in [2.45, 2.75) is 20.3 Å². The van der Waals surface area contributed by atoms with Crippen LogP contribution in [0.3, 0.4) is 0 Å². The van der Waals surface area contributed by atoms with Gasteiger partial charge in [-0.25, -0.2) is 0 Å². The fourth-order valence-corrected chi connectivity index (χ4v) is 1.63. The Morgan fingerprint density at radius 3 is 2.60 bits per heavy atom. The van der Waals surface area contributed by atoms with Gasteiger partial charge in [0.05, 0.1) is 0 Å². The molecule has 1 aromatic rings. The molecule has 0 aliphatic carbocycles. The average Bonchev–Trinajstić information content (AvgIpc) is 2.23. The summed E-state index contributed by atoms with van der Waals surface area (Å²) in [5.74, 6) is 0. The topological polar surface area (TPSA) is 24.1 Å². The highest BCUT2D eigenvalue weighted by molar-refractivity contribution is 5.30. The standard InChI is InChI=1S/C13H22N2/c1-11-4-5-12(2)13(10-11)6-7-15-9-8-14-3/h4-5,10,14-15H,6-9H2,1-3H3. The zero-order chi connectivity index (χ0) is 11.1. The first-order valence-electron chi connectivity index (χ1n) is 5.65. The van der Waals surface area contributed by atoms with Crippen molar-refractivity contribution in [2.24, 2.45) is 0 Å². The highest BCUT2D eigenvalue weighted by Gasteiger charge is 1.97. The van der Waals surface area contributed by atoms with Crippen LogP contribution < -0.4 is 10.6 Å². The predicted octanol–water partition coefficient (Wildman–Crippen LogP) is 1.65. The molecular formula is C13H22N2. The predicted molar refractivity (Wildman–Crippen MR) is 66.4 cm³/mol. The zero-order valence-electron chi connectivity index (χ0n) is 10.1. The van der Waals surface area contributed by atoms with E-state index in [-0.39, 0.29) is 0 Å². The summed E-state index contributed by atoms with van der Waals surface area (Å²) in [7, 11) is 1.98. The molecule has 1 rings (SSSR count). The summed E-state index contributed by atoms with van der Waals surface area (Å²) in [6.45, 7) is 7.47. The minimum Gasteiger partial charge on any atom is -0.318 e. The first kappa shape index (κ1) is 12.2. The molecule has 2 heteroatoms. The largest absolute Gasteiger partial charge is 0.318 e. The molecule has 0 radical (unpaired) electrons. The molecule has 2 N–H and O–H groups in total. The van der Waals surface area contributed by atoms with E-state index >= 15 is 0 Å². The normalized spacial score (nSPS) is 10.6. The van der Waals surface area contributed by atoms with E-state index in [0.29, 0.717) is 0 Å². The summed E-state index contributed by atoms with van der Waals surface area (Å²) in [5.41, 5.74) is 4.22. The third kappa shape index (κ3) is 4.45. The first-order chi connectivity index (χ1) is 7.24. The highest BCUT2D eigenvalue weighted by atomic mass is 14.9. The van der Waals surface area contributed by atoms with Gasteiger partial charge in [0.1, 0.15) is 0 Å². The molecule has 15 heavy (non-hydrogen) atoms. The Balaban J connectivity index is 2.33. The first-order valence-corrected chi connectivity index (χ1v) is 5.65. The van der Waals surface area contributed by atoms with Crippen molar-refractivity contribution in [1.82, 2.24) is 10.6 Å². The number of hydrogen-bond donors (Lipinski definition) is 2. The lowest BCUT2D eigenvalue weighted by Gasteiger charge is -2.08. The van der Waals surface area contributed by atoms with Gasteiger partial charge in [-0.15, -0.1) is 0 Å². The molecule has 0 fully saturated rings. The number of rotatable bonds is 6. The smallest absolute Gasteiger partial charge is 0.00767 e. The van der Waals surface area contributed by atoms with Gasteiger partial charge >= 0.3 is 0 Å². The molecule has 0 unspecified atom stereocenters. The van der Waals surface area contributed by atoms with Crippen LogP contribution in [0, 0.1) is 13.8 Å². The van der Waals surface area contributed by atoms with E-state index in [1.807, 2.05) is 7.05 Å². The minimum atomic E-state index is 1.03. The van der Waals surface area contributed by atoms with Crippen LogP contribution in [-0.4, -0.2) is 26.7 Å². The van der Waals surface area contributed by atoms with Gasteiger partial charge in [-0.2, -0.15) is 0 Å². The second-order valence-corrected chi connectivity index (χ2v) is 4.03. The molecule has 2 nitrogen and oxygen atoms in total. The van der Waals surface area contributed by atoms with Gasteiger partial charge in [0.25, 0.3) is 0 Å². The van der Waals surface area contributed by atoms with Crippen molar-refractivity contribution < 1.29 is 0 Å². The lowest BCUT2D eigenvalue weighted by atomic mass is 10.0. The number of aryl methyl sites for hydroxylation is 2. The van der Waals surface area contributed by atoms with E-state index in [1.54, 1.807) is 0 Å². The van der Waals surface area contributed by atoms with Crippen LogP contribution in [-0.2, 0) is 6.42 Å². The quantitative estimate of drug-likeness (QED) is 0.692. The number of benzene rings is 1. The van der Waals surface area contributed by atoms with Crippen LogP contribution in [0.2, 0.25) is 0 Å². The Bertz CT molecular complexity index is 295. The minimum absolute atomic E-state index is 1.03. The van der Waals surface area contributed by atoms with Crippen LogP contribution in [0.1, 0.15) is 16.7 Å². The van der Waals surface area contributed by atoms with Crippen LogP contribution in [0.4, 0.5) is 0 Å². The summed E-state index contributed by atoms with van der Waals surface area (Å²) in [4.78, 5) is 0. The molecule has 1 aromatic carbocycles. The van der Waals surface area contributed by atoms with E-state index in [2.05, 4.69) is 42.7 Å². The molecule has 0 aromatic heterocycles. The Hall–Kier alpha value is -0.860. The van der Waals surface area contributed by atoms with Gasteiger partial charge in [-0.05, 0) is 45.0 Å². The Labute approximate surface area is 93.1 Å². The van der Waals surface area contributed by atoms with E-state index in [0.717, 1.165) is 26.1 Å². The van der Waals surface area contributed by atoms with Crippen LogP contribution >= 0.6 is 0 Å². The van der Waals surface area contributed by atoms with Gasteiger partial charge in [0.2, 0.25) is 0 Å². The van der Waals surface area contributed by atoms with E-state index in [1.165, 1.54) is 16.7 Å².